The molecule has 0 aliphatic heterocycles. The highest BCUT2D eigenvalue weighted by atomic mass is 32.1. The fourth-order valence-corrected chi connectivity index (χ4v) is 4.50. The lowest BCUT2D eigenvalue weighted by molar-refractivity contribution is -0.121. The van der Waals surface area contributed by atoms with Crippen molar-refractivity contribution in [3.8, 4) is 11.1 Å². The highest BCUT2D eigenvalue weighted by molar-refractivity contribution is 7.17. The third-order valence-corrected chi connectivity index (χ3v) is 6.31. The third kappa shape index (κ3) is 4.89. The molecule has 0 fully saturated rings. The molecule has 2 aromatic carbocycles. The number of benzene rings is 2. The van der Waals surface area contributed by atoms with E-state index >= 15 is 0 Å². The number of rotatable bonds is 8. The summed E-state index contributed by atoms with van der Waals surface area (Å²) in [6.07, 6.45) is 2.27. The van der Waals surface area contributed by atoms with E-state index in [4.69, 9.17) is 0 Å². The van der Waals surface area contributed by atoms with Crippen LogP contribution in [0.3, 0.4) is 0 Å². The molecule has 2 heterocycles. The number of nitrogens with zero attached hydrogens (tertiary/aromatic N) is 3. The topological polar surface area (TPSA) is 67.2 Å². The predicted molar refractivity (Wildman–Crippen MR) is 131 cm³/mol. The maximum absolute atomic E-state index is 13.1. The van der Waals surface area contributed by atoms with Crippen LogP contribution < -0.4 is 15.8 Å². The average Bonchev–Trinajstić information content (AvgIpc) is 3.24. The largest absolute Gasteiger partial charge is 0.375 e. The molecule has 0 unspecified atom stereocenters. The number of carbonyl (C=O) groups is 1. The first-order chi connectivity index (χ1) is 15.5. The van der Waals surface area contributed by atoms with Crippen LogP contribution in [0.2, 0.25) is 0 Å². The van der Waals surface area contributed by atoms with Crippen molar-refractivity contribution in [3.63, 3.8) is 0 Å². The van der Waals surface area contributed by atoms with E-state index in [1.54, 1.807) is 0 Å². The first-order valence-electron chi connectivity index (χ1n) is 10.6. The lowest BCUT2D eigenvalue weighted by Gasteiger charge is -2.19. The minimum absolute atomic E-state index is 0.0422. The van der Waals surface area contributed by atoms with E-state index in [0.29, 0.717) is 16.8 Å². The summed E-state index contributed by atoms with van der Waals surface area (Å²) < 4.78 is 1.39. The number of carbonyl (C=O) groups excluding carboxylic acids is 1. The van der Waals surface area contributed by atoms with Crippen molar-refractivity contribution in [2.45, 2.75) is 19.9 Å². The first-order valence-corrected chi connectivity index (χ1v) is 11.5. The van der Waals surface area contributed by atoms with Gasteiger partial charge in [-0.15, -0.1) is 11.3 Å². The van der Waals surface area contributed by atoms with Crippen LogP contribution in [0, 0.1) is 6.92 Å². The van der Waals surface area contributed by atoms with Gasteiger partial charge < -0.3 is 10.2 Å². The van der Waals surface area contributed by atoms with Crippen LogP contribution in [0.5, 0.6) is 0 Å². The Morgan fingerprint density at radius 2 is 1.88 bits per heavy atom. The molecule has 0 saturated heterocycles. The molecule has 4 aromatic rings. The molecule has 0 radical (unpaired) electrons. The zero-order chi connectivity index (χ0) is 22.5. The Morgan fingerprint density at radius 3 is 2.62 bits per heavy atom. The Balaban J connectivity index is 1.39. The number of thiophene rings is 1. The summed E-state index contributed by atoms with van der Waals surface area (Å²) in [5.41, 5.74) is 3.96. The second kappa shape index (κ2) is 9.78. The molecule has 164 valence electrons. The molecule has 32 heavy (non-hydrogen) atoms. The van der Waals surface area contributed by atoms with E-state index < -0.39 is 0 Å². The second-order valence-electron chi connectivity index (χ2n) is 7.83. The lowest BCUT2D eigenvalue weighted by Crippen LogP contribution is -2.34. The van der Waals surface area contributed by atoms with E-state index in [1.165, 1.54) is 22.2 Å². The van der Waals surface area contributed by atoms with E-state index in [-0.39, 0.29) is 18.0 Å². The van der Waals surface area contributed by atoms with Crippen LogP contribution in [0.4, 0.5) is 5.69 Å². The van der Waals surface area contributed by atoms with Crippen molar-refractivity contribution in [2.75, 3.05) is 25.0 Å². The number of hydrogen-bond donors (Lipinski definition) is 1. The Labute approximate surface area is 191 Å². The summed E-state index contributed by atoms with van der Waals surface area (Å²) in [6, 6.07) is 18.2. The lowest BCUT2D eigenvalue weighted by atomic mass is 10.1. The maximum Gasteiger partial charge on any atom is 0.263 e. The molecule has 0 atom stereocenters. The van der Waals surface area contributed by atoms with Crippen LogP contribution in [0.25, 0.3) is 21.3 Å². The summed E-state index contributed by atoms with van der Waals surface area (Å²) in [5.74, 6) is -0.192. The molecular weight excluding hydrogens is 420 g/mol. The van der Waals surface area contributed by atoms with Crippen molar-refractivity contribution in [1.82, 2.24) is 14.9 Å². The van der Waals surface area contributed by atoms with Gasteiger partial charge in [0.15, 0.2) is 0 Å². The number of fused-ring (bicyclic) bond motifs is 1. The Kier molecular flexibility index (Phi) is 6.66. The summed E-state index contributed by atoms with van der Waals surface area (Å²) in [4.78, 5) is 32.8. The molecule has 0 spiro atoms. The summed E-state index contributed by atoms with van der Waals surface area (Å²) >= 11 is 1.44. The Bertz CT molecular complexity index is 1260. The van der Waals surface area contributed by atoms with Gasteiger partial charge in [0.2, 0.25) is 5.91 Å². The average molecular weight is 447 g/mol. The minimum Gasteiger partial charge on any atom is -0.375 e. The van der Waals surface area contributed by atoms with E-state index in [1.807, 2.05) is 61.8 Å². The van der Waals surface area contributed by atoms with Crippen molar-refractivity contribution in [1.29, 1.82) is 0 Å². The first kappa shape index (κ1) is 21.8. The van der Waals surface area contributed by atoms with Gasteiger partial charge >= 0.3 is 0 Å². The highest BCUT2D eigenvalue weighted by Gasteiger charge is 2.14. The molecule has 0 aliphatic rings. The fraction of sp³-hybridized carbons (Fsp3) is 0.240. The van der Waals surface area contributed by atoms with Gasteiger partial charge in [0, 0.05) is 36.8 Å². The molecule has 2 aromatic heterocycles. The molecule has 0 aliphatic carbocycles. The monoisotopic (exact) mass is 446 g/mol. The van der Waals surface area contributed by atoms with Crippen LogP contribution >= 0.6 is 11.3 Å². The predicted octanol–water partition coefficient (Wildman–Crippen LogP) is 4.08. The zero-order valence-corrected chi connectivity index (χ0v) is 19.1. The van der Waals surface area contributed by atoms with Crippen LogP contribution in [-0.2, 0) is 11.3 Å². The molecule has 4 rings (SSSR count). The number of anilines is 1. The number of hydrogen-bond acceptors (Lipinski definition) is 5. The Hall–Kier alpha value is -3.45. The van der Waals surface area contributed by atoms with Gasteiger partial charge in [-0.2, -0.15) is 0 Å². The van der Waals surface area contributed by atoms with Gasteiger partial charge in [0.1, 0.15) is 11.4 Å². The number of para-hydroxylation sites is 1. The van der Waals surface area contributed by atoms with Crippen molar-refractivity contribution < 1.29 is 4.79 Å². The summed E-state index contributed by atoms with van der Waals surface area (Å²) in [5, 5.41) is 5.43. The molecule has 6 nitrogen and oxygen atoms in total. The number of nitrogens with one attached hydrogen (secondary N) is 1. The van der Waals surface area contributed by atoms with E-state index in [2.05, 4.69) is 27.3 Å². The van der Waals surface area contributed by atoms with Crippen molar-refractivity contribution in [3.05, 3.63) is 82.2 Å². The smallest absolute Gasteiger partial charge is 0.263 e. The third-order valence-electron chi connectivity index (χ3n) is 5.43. The number of aryl methyl sites for hydroxylation is 1. The normalized spacial score (nSPS) is 10.9. The molecular formula is C25H26N4O2S. The second-order valence-corrected chi connectivity index (χ2v) is 8.69. The standard InChI is InChI=1S/C25H26N4O2S/c1-18-9-11-19(12-10-18)21-16-32-24-23(21)25(31)29(17-27-24)15-22(30)26-13-6-14-28(2)20-7-4-3-5-8-20/h3-5,7-12,16-17H,6,13-15H2,1-2H3,(H,26,30). The molecule has 0 bridgehead atoms. The van der Waals surface area contributed by atoms with Crippen LogP contribution in [0.15, 0.2) is 71.1 Å². The molecule has 1 amide bonds. The van der Waals surface area contributed by atoms with Crippen LogP contribution in [-0.4, -0.2) is 35.6 Å². The Morgan fingerprint density at radius 1 is 1.12 bits per heavy atom. The van der Waals surface area contributed by atoms with Gasteiger partial charge in [0.05, 0.1) is 11.7 Å². The maximum atomic E-state index is 13.1. The quantitative estimate of drug-likeness (QED) is 0.414. The SMILES string of the molecule is Cc1ccc(-c2csc3ncn(CC(=O)NCCCN(C)c4ccccc4)c(=O)c23)cc1. The van der Waals surface area contributed by atoms with Gasteiger partial charge in [-0.3, -0.25) is 14.2 Å². The van der Waals surface area contributed by atoms with Crippen molar-refractivity contribution in [2.24, 2.45) is 0 Å². The fourth-order valence-electron chi connectivity index (χ4n) is 3.59. The van der Waals surface area contributed by atoms with E-state index in [9.17, 15) is 9.59 Å². The van der Waals surface area contributed by atoms with Crippen LogP contribution in [0.1, 0.15) is 12.0 Å². The zero-order valence-electron chi connectivity index (χ0n) is 18.2. The summed E-state index contributed by atoms with van der Waals surface area (Å²) in [6.45, 7) is 3.36. The van der Waals surface area contributed by atoms with Gasteiger partial charge in [-0.1, -0.05) is 48.0 Å². The molecule has 1 N–H and O–H groups in total. The van der Waals surface area contributed by atoms with Gasteiger partial charge in [-0.05, 0) is 31.0 Å². The van der Waals surface area contributed by atoms with E-state index in [0.717, 1.165) is 35.3 Å². The number of aromatic nitrogens is 2. The highest BCUT2D eigenvalue weighted by Crippen LogP contribution is 2.30. The molecule has 0 saturated carbocycles. The minimum atomic E-state index is -0.192. The number of amides is 1. The van der Waals surface area contributed by atoms with Gasteiger partial charge in [0.25, 0.3) is 5.56 Å². The summed E-state index contributed by atoms with van der Waals surface area (Å²) in [7, 11) is 2.03. The molecule has 7 heteroatoms. The van der Waals surface area contributed by atoms with Gasteiger partial charge in [-0.25, -0.2) is 4.98 Å². The van der Waals surface area contributed by atoms with Crippen molar-refractivity contribution >= 4 is 33.1 Å².